The van der Waals surface area contributed by atoms with Gasteiger partial charge in [-0.2, -0.15) is 0 Å². The van der Waals surface area contributed by atoms with Crippen molar-refractivity contribution in [1.29, 1.82) is 0 Å². The van der Waals surface area contributed by atoms with E-state index in [1.54, 1.807) is 18.2 Å². The van der Waals surface area contributed by atoms with Gasteiger partial charge in [0.25, 0.3) is 0 Å². The van der Waals surface area contributed by atoms with E-state index in [1.807, 2.05) is 6.07 Å². The first-order valence-corrected chi connectivity index (χ1v) is 7.54. The lowest BCUT2D eigenvalue weighted by Gasteiger charge is -2.05. The molecule has 0 aliphatic carbocycles. The van der Waals surface area contributed by atoms with Gasteiger partial charge in [0.1, 0.15) is 5.75 Å². The Balaban J connectivity index is 2.24. The number of carbonyl (C=O) groups is 1. The number of hydrogen-bond donors (Lipinski definition) is 0. The number of methoxy groups -OCH3 is 1. The van der Waals surface area contributed by atoms with Gasteiger partial charge < -0.3 is 9.47 Å². The van der Waals surface area contributed by atoms with Gasteiger partial charge in [0, 0.05) is 12.8 Å². The van der Waals surface area contributed by atoms with E-state index in [2.05, 4.69) is 23.5 Å². The van der Waals surface area contributed by atoms with Gasteiger partial charge in [-0.1, -0.05) is 38.2 Å². The van der Waals surface area contributed by atoms with Gasteiger partial charge in [0.15, 0.2) is 0 Å². The van der Waals surface area contributed by atoms with E-state index in [-0.39, 0.29) is 5.97 Å². The summed E-state index contributed by atoms with van der Waals surface area (Å²) in [4.78, 5) is 11.4. The molecule has 0 aromatic heterocycles. The SMILES string of the molecule is CCCCCCC#CCCOc1cccc(C(=O)OC)c1. The Morgan fingerprint density at radius 2 is 1.95 bits per heavy atom. The summed E-state index contributed by atoms with van der Waals surface area (Å²) in [7, 11) is 1.37. The van der Waals surface area contributed by atoms with E-state index in [9.17, 15) is 4.79 Å². The predicted octanol–water partition coefficient (Wildman–Crippen LogP) is 4.22. The average Bonchev–Trinajstić information content (AvgIpc) is 2.53. The average molecular weight is 288 g/mol. The van der Waals surface area contributed by atoms with Crippen LogP contribution in [-0.2, 0) is 4.74 Å². The van der Waals surface area contributed by atoms with Crippen LogP contribution >= 0.6 is 0 Å². The zero-order valence-corrected chi connectivity index (χ0v) is 13.0. The molecule has 0 aliphatic heterocycles. The minimum Gasteiger partial charge on any atom is -0.493 e. The van der Waals surface area contributed by atoms with Crippen LogP contribution in [0, 0.1) is 11.8 Å². The molecular formula is C18H24O3. The van der Waals surface area contributed by atoms with Crippen molar-refractivity contribution in [2.24, 2.45) is 0 Å². The number of carbonyl (C=O) groups excluding carboxylic acids is 1. The second-order valence-electron chi connectivity index (χ2n) is 4.78. The highest BCUT2D eigenvalue weighted by atomic mass is 16.5. The molecule has 0 saturated carbocycles. The molecule has 0 N–H and O–H groups in total. The van der Waals surface area contributed by atoms with Crippen molar-refractivity contribution >= 4 is 5.97 Å². The van der Waals surface area contributed by atoms with Gasteiger partial charge in [-0.3, -0.25) is 0 Å². The first-order chi connectivity index (χ1) is 10.3. The third-order valence-electron chi connectivity index (χ3n) is 3.03. The molecule has 1 aromatic carbocycles. The Hall–Kier alpha value is -1.95. The molecule has 0 fully saturated rings. The number of benzene rings is 1. The molecule has 1 aromatic rings. The largest absolute Gasteiger partial charge is 0.493 e. The molecule has 0 heterocycles. The van der Waals surface area contributed by atoms with Gasteiger partial charge in [0.05, 0.1) is 19.3 Å². The summed E-state index contributed by atoms with van der Waals surface area (Å²) in [5, 5.41) is 0. The van der Waals surface area contributed by atoms with Gasteiger partial charge in [-0.05, 0) is 24.6 Å². The number of rotatable bonds is 8. The monoisotopic (exact) mass is 288 g/mol. The number of ether oxygens (including phenoxy) is 2. The van der Waals surface area contributed by atoms with Crippen molar-refractivity contribution in [2.45, 2.75) is 45.4 Å². The third-order valence-corrected chi connectivity index (χ3v) is 3.03. The molecule has 114 valence electrons. The third kappa shape index (κ3) is 7.41. The molecule has 3 heteroatoms. The molecule has 0 unspecified atom stereocenters. The Bertz CT molecular complexity index is 483. The standard InChI is InChI=1S/C18H24O3/c1-3-4-5-6-7-8-9-10-14-21-17-13-11-12-16(15-17)18(19)20-2/h11-13,15H,3-7,10,14H2,1-2H3. The van der Waals surface area contributed by atoms with Gasteiger partial charge in [-0.25, -0.2) is 4.79 Å². The highest BCUT2D eigenvalue weighted by Gasteiger charge is 2.05. The second kappa shape index (κ2) is 10.8. The molecular weight excluding hydrogens is 264 g/mol. The van der Waals surface area contributed by atoms with Crippen LogP contribution in [0.5, 0.6) is 5.75 Å². The normalized spacial score (nSPS) is 9.62. The maximum atomic E-state index is 11.4. The number of unbranched alkanes of at least 4 members (excludes halogenated alkanes) is 4. The minimum absolute atomic E-state index is 0.354. The van der Waals surface area contributed by atoms with Crippen LogP contribution < -0.4 is 4.74 Å². The van der Waals surface area contributed by atoms with Crippen LogP contribution in [0.2, 0.25) is 0 Å². The molecule has 0 bridgehead atoms. The van der Waals surface area contributed by atoms with Crippen molar-refractivity contribution in [1.82, 2.24) is 0 Å². The fraction of sp³-hybridized carbons (Fsp3) is 0.500. The Labute approximate surface area is 127 Å². The predicted molar refractivity (Wildman–Crippen MR) is 84.4 cm³/mol. The van der Waals surface area contributed by atoms with Crippen LogP contribution in [0.25, 0.3) is 0 Å². The van der Waals surface area contributed by atoms with Crippen LogP contribution in [0.3, 0.4) is 0 Å². The molecule has 1 rings (SSSR count). The lowest BCUT2D eigenvalue weighted by Crippen LogP contribution is -2.02. The van der Waals surface area contributed by atoms with Crippen molar-refractivity contribution in [2.75, 3.05) is 13.7 Å². The Kier molecular flexibility index (Phi) is 8.79. The Morgan fingerprint density at radius 3 is 2.71 bits per heavy atom. The quantitative estimate of drug-likeness (QED) is 0.408. The maximum absolute atomic E-state index is 11.4. The summed E-state index contributed by atoms with van der Waals surface area (Å²) >= 11 is 0. The summed E-state index contributed by atoms with van der Waals surface area (Å²) in [5.74, 6) is 6.59. The summed E-state index contributed by atoms with van der Waals surface area (Å²) in [5.41, 5.74) is 0.497. The molecule has 0 aliphatic rings. The van der Waals surface area contributed by atoms with E-state index in [0.29, 0.717) is 24.3 Å². The Morgan fingerprint density at radius 1 is 1.14 bits per heavy atom. The maximum Gasteiger partial charge on any atom is 0.337 e. The molecule has 0 saturated heterocycles. The molecule has 21 heavy (non-hydrogen) atoms. The fourth-order valence-corrected chi connectivity index (χ4v) is 1.87. The molecule has 0 amide bonds. The smallest absolute Gasteiger partial charge is 0.337 e. The summed E-state index contributed by atoms with van der Waals surface area (Å²) < 4.78 is 10.2. The van der Waals surface area contributed by atoms with E-state index in [1.165, 1.54) is 32.8 Å². The van der Waals surface area contributed by atoms with Crippen LogP contribution in [0.1, 0.15) is 55.8 Å². The lowest BCUT2D eigenvalue weighted by molar-refractivity contribution is 0.0600. The van der Waals surface area contributed by atoms with Crippen molar-refractivity contribution in [3.63, 3.8) is 0 Å². The molecule has 0 spiro atoms. The minimum atomic E-state index is -0.354. The fourth-order valence-electron chi connectivity index (χ4n) is 1.87. The van der Waals surface area contributed by atoms with Crippen molar-refractivity contribution in [3.8, 4) is 17.6 Å². The van der Waals surface area contributed by atoms with E-state index >= 15 is 0 Å². The zero-order chi connectivity index (χ0) is 15.3. The zero-order valence-electron chi connectivity index (χ0n) is 13.0. The van der Waals surface area contributed by atoms with Crippen LogP contribution in [0.15, 0.2) is 24.3 Å². The van der Waals surface area contributed by atoms with Crippen molar-refractivity contribution in [3.05, 3.63) is 29.8 Å². The topological polar surface area (TPSA) is 35.5 Å². The van der Waals surface area contributed by atoms with E-state index < -0.39 is 0 Å². The van der Waals surface area contributed by atoms with Gasteiger partial charge in [0.2, 0.25) is 0 Å². The second-order valence-corrected chi connectivity index (χ2v) is 4.78. The highest BCUT2D eigenvalue weighted by molar-refractivity contribution is 5.89. The van der Waals surface area contributed by atoms with Gasteiger partial charge in [-0.15, -0.1) is 5.92 Å². The summed E-state index contributed by atoms with van der Waals surface area (Å²) in [6.07, 6.45) is 6.67. The van der Waals surface area contributed by atoms with Crippen molar-refractivity contribution < 1.29 is 14.3 Å². The summed E-state index contributed by atoms with van der Waals surface area (Å²) in [6.45, 7) is 2.74. The molecule has 0 radical (unpaired) electrons. The van der Waals surface area contributed by atoms with Crippen LogP contribution in [-0.4, -0.2) is 19.7 Å². The van der Waals surface area contributed by atoms with Crippen LogP contribution in [0.4, 0.5) is 0 Å². The molecule has 3 nitrogen and oxygen atoms in total. The molecule has 0 atom stereocenters. The first-order valence-electron chi connectivity index (χ1n) is 7.54. The number of esters is 1. The summed E-state index contributed by atoms with van der Waals surface area (Å²) in [6, 6.07) is 6.99. The van der Waals surface area contributed by atoms with E-state index in [0.717, 1.165) is 6.42 Å². The lowest BCUT2D eigenvalue weighted by atomic mass is 10.1. The number of hydrogen-bond acceptors (Lipinski definition) is 3. The van der Waals surface area contributed by atoms with E-state index in [4.69, 9.17) is 4.74 Å². The highest BCUT2D eigenvalue weighted by Crippen LogP contribution is 2.14. The van der Waals surface area contributed by atoms with Gasteiger partial charge >= 0.3 is 5.97 Å². The first kappa shape index (κ1) is 17.1.